The minimum absolute atomic E-state index is 0.0417. The molecule has 1 atom stereocenters. The molecule has 0 radical (unpaired) electrons. The van der Waals surface area contributed by atoms with Crippen LogP contribution >= 0.6 is 0 Å². The lowest BCUT2D eigenvalue weighted by Gasteiger charge is -2.23. The summed E-state index contributed by atoms with van der Waals surface area (Å²) in [6, 6.07) is 17.6. The molecule has 3 aromatic carbocycles. The highest BCUT2D eigenvalue weighted by Gasteiger charge is 2.21. The molecule has 8 heteroatoms. The summed E-state index contributed by atoms with van der Waals surface area (Å²) >= 11 is 0. The molecule has 0 bridgehead atoms. The van der Waals surface area contributed by atoms with E-state index in [1.54, 1.807) is 49.4 Å². The number of anilines is 1. The van der Waals surface area contributed by atoms with Gasteiger partial charge in [0.2, 0.25) is 10.0 Å². The summed E-state index contributed by atoms with van der Waals surface area (Å²) in [4.78, 5) is 12.5. The van der Waals surface area contributed by atoms with Crippen LogP contribution in [0, 0.1) is 11.6 Å². The number of nitrogens with zero attached hydrogens (tertiary/aromatic N) is 1. The van der Waals surface area contributed by atoms with Gasteiger partial charge in [-0.2, -0.15) is 0 Å². The van der Waals surface area contributed by atoms with E-state index in [1.165, 1.54) is 30.3 Å². The van der Waals surface area contributed by atoms with Crippen LogP contribution in [-0.2, 0) is 16.6 Å². The van der Waals surface area contributed by atoms with Crippen LogP contribution in [0.5, 0.6) is 0 Å². The summed E-state index contributed by atoms with van der Waals surface area (Å²) in [5.74, 6) is -1.31. The minimum atomic E-state index is -3.73. The number of carbonyl (C=O) groups excluding carboxylic acids is 1. The topological polar surface area (TPSA) is 66.5 Å². The molecule has 0 aliphatic carbocycles. The lowest BCUT2D eigenvalue weighted by molar-refractivity contribution is 0.0940. The Morgan fingerprint density at radius 2 is 1.58 bits per heavy atom. The molecule has 1 N–H and O–H groups in total. The molecule has 0 aromatic heterocycles. The zero-order valence-corrected chi connectivity index (χ0v) is 17.9. The first-order chi connectivity index (χ1) is 14.6. The van der Waals surface area contributed by atoms with Crippen molar-refractivity contribution in [3.8, 4) is 0 Å². The number of rotatable bonds is 7. The third-order valence-corrected chi connectivity index (χ3v) is 5.91. The largest absolute Gasteiger partial charge is 0.346 e. The van der Waals surface area contributed by atoms with Gasteiger partial charge in [-0.3, -0.25) is 9.10 Å². The summed E-state index contributed by atoms with van der Waals surface area (Å²) in [5, 5.41) is 2.83. The van der Waals surface area contributed by atoms with Gasteiger partial charge >= 0.3 is 0 Å². The summed E-state index contributed by atoms with van der Waals surface area (Å²) in [6.45, 7) is 1.71. The fraction of sp³-hybridized carbons (Fsp3) is 0.174. The Hall–Kier alpha value is -3.26. The molecule has 0 unspecified atom stereocenters. The van der Waals surface area contributed by atoms with Crippen LogP contribution < -0.4 is 9.62 Å². The summed E-state index contributed by atoms with van der Waals surface area (Å²) in [5.41, 5.74) is 1.70. The van der Waals surface area contributed by atoms with Crippen LogP contribution in [0.4, 0.5) is 14.5 Å². The first-order valence-electron chi connectivity index (χ1n) is 9.52. The van der Waals surface area contributed by atoms with Crippen molar-refractivity contribution in [3.63, 3.8) is 0 Å². The van der Waals surface area contributed by atoms with E-state index in [0.29, 0.717) is 11.1 Å². The molecule has 0 saturated heterocycles. The molecular formula is C23H22F2N2O3S. The van der Waals surface area contributed by atoms with E-state index in [2.05, 4.69) is 5.32 Å². The van der Waals surface area contributed by atoms with Crippen LogP contribution in [0.25, 0.3) is 0 Å². The smallest absolute Gasteiger partial charge is 0.251 e. The van der Waals surface area contributed by atoms with Gasteiger partial charge < -0.3 is 5.32 Å². The molecule has 0 aliphatic rings. The molecule has 0 spiro atoms. The average Bonchev–Trinajstić information content (AvgIpc) is 2.72. The van der Waals surface area contributed by atoms with Crippen molar-refractivity contribution < 1.29 is 22.0 Å². The Balaban J connectivity index is 1.73. The number of para-hydroxylation sites is 1. The van der Waals surface area contributed by atoms with Gasteiger partial charge in [0.05, 0.1) is 24.5 Å². The predicted octanol–water partition coefficient (Wildman–Crippen LogP) is 4.42. The van der Waals surface area contributed by atoms with Gasteiger partial charge in [-0.15, -0.1) is 0 Å². The van der Waals surface area contributed by atoms with Gasteiger partial charge in [0.1, 0.15) is 11.6 Å². The zero-order valence-electron chi connectivity index (χ0n) is 17.0. The summed E-state index contributed by atoms with van der Waals surface area (Å²) in [6.07, 6.45) is 1.01. The van der Waals surface area contributed by atoms with Crippen molar-refractivity contribution in [2.45, 2.75) is 19.5 Å². The number of halogens is 2. The third kappa shape index (κ3) is 5.67. The van der Waals surface area contributed by atoms with E-state index in [1.807, 2.05) is 0 Å². The Kier molecular flexibility index (Phi) is 6.70. The molecule has 0 fully saturated rings. The molecule has 3 aromatic rings. The molecule has 162 valence electrons. The van der Waals surface area contributed by atoms with E-state index in [-0.39, 0.29) is 30.0 Å². The maximum atomic E-state index is 14.1. The number of carbonyl (C=O) groups is 1. The normalized spacial score (nSPS) is 12.3. The maximum absolute atomic E-state index is 14.1. The van der Waals surface area contributed by atoms with E-state index in [4.69, 9.17) is 0 Å². The van der Waals surface area contributed by atoms with E-state index < -0.39 is 15.8 Å². The van der Waals surface area contributed by atoms with Gasteiger partial charge in [0.15, 0.2) is 0 Å². The second-order valence-electron chi connectivity index (χ2n) is 7.16. The lowest BCUT2D eigenvalue weighted by atomic mass is 10.1. The zero-order chi connectivity index (χ0) is 22.6. The lowest BCUT2D eigenvalue weighted by Crippen LogP contribution is -2.30. The predicted molar refractivity (Wildman–Crippen MR) is 116 cm³/mol. The number of amides is 1. The van der Waals surface area contributed by atoms with Crippen molar-refractivity contribution in [2.24, 2.45) is 0 Å². The van der Waals surface area contributed by atoms with E-state index >= 15 is 0 Å². The third-order valence-electron chi connectivity index (χ3n) is 4.78. The number of nitrogens with one attached hydrogen (secondary N) is 1. The summed E-state index contributed by atoms with van der Waals surface area (Å²) in [7, 11) is -3.73. The Labute approximate surface area is 180 Å². The Bertz CT molecular complexity index is 1160. The molecule has 5 nitrogen and oxygen atoms in total. The minimum Gasteiger partial charge on any atom is -0.346 e. The van der Waals surface area contributed by atoms with Gasteiger partial charge in [-0.1, -0.05) is 36.4 Å². The second-order valence-corrected chi connectivity index (χ2v) is 9.07. The monoisotopic (exact) mass is 444 g/mol. The number of sulfonamides is 1. The van der Waals surface area contributed by atoms with Crippen LogP contribution in [0.3, 0.4) is 0 Å². The van der Waals surface area contributed by atoms with Crippen LogP contribution in [0.1, 0.15) is 34.5 Å². The highest BCUT2D eigenvalue weighted by molar-refractivity contribution is 7.92. The van der Waals surface area contributed by atoms with Gasteiger partial charge in [0.25, 0.3) is 5.91 Å². The first-order valence-corrected chi connectivity index (χ1v) is 11.4. The number of benzene rings is 3. The van der Waals surface area contributed by atoms with Crippen molar-refractivity contribution >= 4 is 21.6 Å². The quantitative estimate of drug-likeness (QED) is 0.587. The molecule has 0 saturated carbocycles. The van der Waals surface area contributed by atoms with Crippen LogP contribution in [-0.4, -0.2) is 20.6 Å². The number of hydrogen-bond acceptors (Lipinski definition) is 3. The standard InChI is InChI=1S/C23H22F2N2O3S/c1-16(18-11-13-20(24)14-12-18)26-23(28)19-9-7-17(8-10-19)15-27(31(2,29)30)22-6-4-3-5-21(22)25/h3-14,16H,15H2,1-2H3,(H,26,28)/t16-/m0/s1. The van der Waals surface area contributed by atoms with E-state index in [0.717, 1.165) is 16.1 Å². The van der Waals surface area contributed by atoms with Gasteiger partial charge in [0, 0.05) is 5.56 Å². The Morgan fingerprint density at radius 3 is 2.16 bits per heavy atom. The molecule has 3 rings (SSSR count). The molecule has 31 heavy (non-hydrogen) atoms. The first kappa shape index (κ1) is 22.4. The molecule has 0 aliphatic heterocycles. The highest BCUT2D eigenvalue weighted by Crippen LogP contribution is 2.24. The number of hydrogen-bond donors (Lipinski definition) is 1. The van der Waals surface area contributed by atoms with Crippen molar-refractivity contribution in [1.82, 2.24) is 5.32 Å². The van der Waals surface area contributed by atoms with Crippen molar-refractivity contribution in [2.75, 3.05) is 10.6 Å². The second kappa shape index (κ2) is 9.26. The van der Waals surface area contributed by atoms with Crippen LogP contribution in [0.15, 0.2) is 72.8 Å². The average molecular weight is 445 g/mol. The SMILES string of the molecule is C[C@H](NC(=O)c1ccc(CN(c2ccccc2F)S(C)(=O)=O)cc1)c1ccc(F)cc1. The van der Waals surface area contributed by atoms with Gasteiger partial charge in [-0.25, -0.2) is 17.2 Å². The van der Waals surface area contributed by atoms with Crippen LogP contribution in [0.2, 0.25) is 0 Å². The molecular weight excluding hydrogens is 422 g/mol. The molecule has 1 amide bonds. The maximum Gasteiger partial charge on any atom is 0.251 e. The fourth-order valence-electron chi connectivity index (χ4n) is 3.08. The summed E-state index contributed by atoms with van der Waals surface area (Å²) < 4.78 is 52.6. The van der Waals surface area contributed by atoms with Crippen molar-refractivity contribution in [3.05, 3.63) is 101 Å². The van der Waals surface area contributed by atoms with Gasteiger partial charge in [-0.05, 0) is 54.4 Å². The Morgan fingerprint density at radius 1 is 0.968 bits per heavy atom. The highest BCUT2D eigenvalue weighted by atomic mass is 32.2. The molecule has 0 heterocycles. The van der Waals surface area contributed by atoms with E-state index in [9.17, 15) is 22.0 Å². The van der Waals surface area contributed by atoms with Crippen molar-refractivity contribution in [1.29, 1.82) is 0 Å². The fourth-order valence-corrected chi connectivity index (χ4v) is 3.97.